The summed E-state index contributed by atoms with van der Waals surface area (Å²) < 4.78 is 13.6. The number of nitrogens with one attached hydrogen (secondary N) is 1. The number of benzene rings is 1. The summed E-state index contributed by atoms with van der Waals surface area (Å²) >= 11 is 3.05. The molecule has 0 saturated carbocycles. The summed E-state index contributed by atoms with van der Waals surface area (Å²) in [6.07, 6.45) is 0. The van der Waals surface area contributed by atoms with Gasteiger partial charge in [-0.1, -0.05) is 0 Å². The van der Waals surface area contributed by atoms with Crippen molar-refractivity contribution in [3.8, 4) is 0 Å². The first-order chi connectivity index (χ1) is 7.21. The zero-order valence-electron chi connectivity index (χ0n) is 9.27. The Morgan fingerprint density at radius 1 is 1.50 bits per heavy atom. The molecule has 0 aromatic heterocycles. The summed E-state index contributed by atoms with van der Waals surface area (Å²) in [5.41, 5.74) is -0.422. The largest absolute Gasteiger partial charge is 0.381 e. The molecule has 0 spiro atoms. The second-order valence-corrected chi connectivity index (χ2v) is 4.95. The van der Waals surface area contributed by atoms with Crippen molar-refractivity contribution in [2.75, 3.05) is 5.32 Å². The molecule has 1 aromatic rings. The Morgan fingerprint density at radius 3 is 2.56 bits per heavy atom. The number of halogens is 2. The molecule has 0 aliphatic heterocycles. The number of hydrogen-bond acceptors (Lipinski definition) is 2. The van der Waals surface area contributed by atoms with E-state index in [4.69, 9.17) is 0 Å². The quantitative estimate of drug-likeness (QED) is 0.879. The van der Waals surface area contributed by atoms with E-state index in [1.54, 1.807) is 13.0 Å². The minimum absolute atomic E-state index is 0.339. The van der Waals surface area contributed by atoms with Gasteiger partial charge in [-0.15, -0.1) is 0 Å². The van der Waals surface area contributed by atoms with Crippen LogP contribution in [0.4, 0.5) is 10.1 Å². The molecule has 0 saturated heterocycles. The van der Waals surface area contributed by atoms with Crippen molar-refractivity contribution in [1.82, 2.24) is 0 Å². The van der Waals surface area contributed by atoms with Crippen LogP contribution in [0.3, 0.4) is 0 Å². The lowest BCUT2D eigenvalue weighted by atomic mass is 10.1. The van der Waals surface area contributed by atoms with Gasteiger partial charge in [-0.25, -0.2) is 4.39 Å². The molecule has 2 N–H and O–H groups in total. The van der Waals surface area contributed by atoms with E-state index in [-0.39, 0.29) is 0 Å². The summed E-state index contributed by atoms with van der Waals surface area (Å²) in [6, 6.07) is 2.78. The second kappa shape index (κ2) is 4.51. The van der Waals surface area contributed by atoms with Gasteiger partial charge in [0.1, 0.15) is 11.4 Å². The Bertz CT molecular complexity index is 427. The number of carbonyl (C=O) groups is 1. The highest BCUT2D eigenvalue weighted by Gasteiger charge is 2.24. The maximum absolute atomic E-state index is 13.2. The van der Waals surface area contributed by atoms with Crippen molar-refractivity contribution >= 4 is 27.5 Å². The molecule has 0 unspecified atom stereocenters. The van der Waals surface area contributed by atoms with Crippen LogP contribution in [0, 0.1) is 12.7 Å². The number of amides is 1. The monoisotopic (exact) mass is 289 g/mol. The Morgan fingerprint density at radius 2 is 2.06 bits per heavy atom. The van der Waals surface area contributed by atoms with E-state index in [1.807, 2.05) is 0 Å². The number of carbonyl (C=O) groups excluding carboxylic acids is 1. The summed E-state index contributed by atoms with van der Waals surface area (Å²) in [5.74, 6) is -1.03. The molecule has 1 amide bonds. The Labute approximate surface area is 102 Å². The van der Waals surface area contributed by atoms with Crippen molar-refractivity contribution < 1.29 is 14.3 Å². The molecule has 0 fully saturated rings. The third-order valence-electron chi connectivity index (χ3n) is 2.07. The molecule has 0 heterocycles. The summed E-state index contributed by atoms with van der Waals surface area (Å²) in [4.78, 5) is 11.5. The fraction of sp³-hybridized carbons (Fsp3) is 0.364. The van der Waals surface area contributed by atoms with E-state index < -0.39 is 17.3 Å². The Kier molecular flexibility index (Phi) is 3.70. The average molecular weight is 290 g/mol. The van der Waals surface area contributed by atoms with Crippen molar-refractivity contribution in [1.29, 1.82) is 0 Å². The first-order valence-corrected chi connectivity index (χ1v) is 5.50. The van der Waals surface area contributed by atoms with Crippen molar-refractivity contribution in [3.63, 3.8) is 0 Å². The zero-order chi connectivity index (χ0) is 12.5. The molecule has 0 aliphatic rings. The van der Waals surface area contributed by atoms with Gasteiger partial charge in [0.05, 0.1) is 4.47 Å². The Hall–Kier alpha value is -0.940. The van der Waals surface area contributed by atoms with Crippen molar-refractivity contribution in [3.05, 3.63) is 28.0 Å². The molecular formula is C11H13BrFNO2. The molecule has 0 aliphatic carbocycles. The highest BCUT2D eigenvalue weighted by atomic mass is 79.9. The lowest BCUT2D eigenvalue weighted by molar-refractivity contribution is -0.130. The molecule has 16 heavy (non-hydrogen) atoms. The third-order valence-corrected chi connectivity index (χ3v) is 2.68. The zero-order valence-corrected chi connectivity index (χ0v) is 10.9. The van der Waals surface area contributed by atoms with Crippen LogP contribution in [-0.2, 0) is 4.79 Å². The van der Waals surface area contributed by atoms with Gasteiger partial charge in [0.25, 0.3) is 5.91 Å². The van der Waals surface area contributed by atoms with E-state index in [0.29, 0.717) is 15.7 Å². The fourth-order valence-electron chi connectivity index (χ4n) is 1.06. The maximum Gasteiger partial charge on any atom is 0.255 e. The van der Waals surface area contributed by atoms with E-state index in [1.165, 1.54) is 19.9 Å². The first-order valence-electron chi connectivity index (χ1n) is 4.71. The summed E-state index contributed by atoms with van der Waals surface area (Å²) in [5, 5.41) is 11.9. The van der Waals surface area contributed by atoms with Crippen molar-refractivity contribution in [2.45, 2.75) is 26.4 Å². The molecule has 88 valence electrons. The van der Waals surface area contributed by atoms with E-state index in [2.05, 4.69) is 21.2 Å². The lowest BCUT2D eigenvalue weighted by Crippen LogP contribution is -2.36. The Balaban J connectivity index is 2.99. The summed E-state index contributed by atoms with van der Waals surface area (Å²) in [7, 11) is 0. The molecular weight excluding hydrogens is 277 g/mol. The van der Waals surface area contributed by atoms with Crippen LogP contribution in [0.1, 0.15) is 19.4 Å². The van der Waals surface area contributed by atoms with Crippen LogP contribution < -0.4 is 5.32 Å². The van der Waals surface area contributed by atoms with Gasteiger partial charge in [0, 0.05) is 5.69 Å². The normalized spacial score (nSPS) is 11.4. The number of hydrogen-bond donors (Lipinski definition) is 2. The number of aliphatic hydroxyl groups is 1. The van der Waals surface area contributed by atoms with Crippen molar-refractivity contribution in [2.24, 2.45) is 0 Å². The average Bonchev–Trinajstić information content (AvgIpc) is 2.12. The molecule has 0 radical (unpaired) electrons. The van der Waals surface area contributed by atoms with Crippen LogP contribution >= 0.6 is 15.9 Å². The molecule has 1 aromatic carbocycles. The predicted octanol–water partition coefficient (Wildman–Crippen LogP) is 2.61. The standard InChI is InChI=1S/C11H13BrFNO2/c1-6-4-7(12)8(13)5-9(6)14-10(15)11(2,3)16/h4-5,16H,1-3H3,(H,14,15). The fourth-order valence-corrected chi connectivity index (χ4v) is 1.51. The van der Waals surface area contributed by atoms with Gasteiger partial charge in [-0.3, -0.25) is 4.79 Å². The minimum atomic E-state index is -1.49. The molecule has 3 nitrogen and oxygen atoms in total. The predicted molar refractivity (Wildman–Crippen MR) is 63.8 cm³/mol. The SMILES string of the molecule is Cc1cc(Br)c(F)cc1NC(=O)C(C)(C)O. The van der Waals surface area contributed by atoms with Gasteiger partial charge in [0.15, 0.2) is 0 Å². The number of aryl methyl sites for hydroxylation is 1. The van der Waals surface area contributed by atoms with E-state index in [9.17, 15) is 14.3 Å². The minimum Gasteiger partial charge on any atom is -0.381 e. The smallest absolute Gasteiger partial charge is 0.255 e. The van der Waals surface area contributed by atoms with Gasteiger partial charge >= 0.3 is 0 Å². The highest BCUT2D eigenvalue weighted by molar-refractivity contribution is 9.10. The van der Waals surface area contributed by atoms with Crippen LogP contribution in [0.2, 0.25) is 0 Å². The van der Waals surface area contributed by atoms with Crippen LogP contribution in [0.25, 0.3) is 0 Å². The van der Waals surface area contributed by atoms with E-state index >= 15 is 0 Å². The van der Waals surface area contributed by atoms with Gasteiger partial charge < -0.3 is 10.4 Å². The lowest BCUT2D eigenvalue weighted by Gasteiger charge is -2.17. The molecule has 0 bridgehead atoms. The van der Waals surface area contributed by atoms with Crippen LogP contribution in [0.15, 0.2) is 16.6 Å². The maximum atomic E-state index is 13.2. The van der Waals surface area contributed by atoms with Gasteiger partial charge in [-0.05, 0) is 54.4 Å². The van der Waals surface area contributed by atoms with Crippen LogP contribution in [0.5, 0.6) is 0 Å². The number of anilines is 1. The van der Waals surface area contributed by atoms with Crippen LogP contribution in [-0.4, -0.2) is 16.6 Å². The third kappa shape index (κ3) is 3.02. The highest BCUT2D eigenvalue weighted by Crippen LogP contribution is 2.24. The number of rotatable bonds is 2. The summed E-state index contributed by atoms with van der Waals surface area (Å²) in [6.45, 7) is 4.48. The van der Waals surface area contributed by atoms with Gasteiger partial charge in [-0.2, -0.15) is 0 Å². The van der Waals surface area contributed by atoms with E-state index in [0.717, 1.165) is 0 Å². The molecule has 1 rings (SSSR count). The molecule has 5 heteroatoms. The molecule has 0 atom stereocenters. The van der Waals surface area contributed by atoms with Gasteiger partial charge in [0.2, 0.25) is 0 Å². The first kappa shape index (κ1) is 13.1. The second-order valence-electron chi connectivity index (χ2n) is 4.09. The topological polar surface area (TPSA) is 49.3 Å².